The third-order valence-corrected chi connectivity index (χ3v) is 5.45. The molecule has 0 spiro atoms. The number of ether oxygens (including phenoxy) is 1. The molecule has 1 saturated heterocycles. The van der Waals surface area contributed by atoms with Gasteiger partial charge >= 0.3 is 0 Å². The Balaban J connectivity index is 2.05. The average molecular weight is 424 g/mol. The van der Waals surface area contributed by atoms with Crippen molar-refractivity contribution in [1.82, 2.24) is 4.90 Å². The Kier molecular flexibility index (Phi) is 7.13. The van der Waals surface area contributed by atoms with Crippen molar-refractivity contribution in [2.45, 2.75) is 26.3 Å². The summed E-state index contributed by atoms with van der Waals surface area (Å²) in [6, 6.07) is 14.0. The van der Waals surface area contributed by atoms with E-state index in [1.54, 1.807) is 17.0 Å². The maximum Gasteiger partial charge on any atom is 0.295 e. The number of benzene rings is 2. The van der Waals surface area contributed by atoms with Gasteiger partial charge in [0.2, 0.25) is 0 Å². The van der Waals surface area contributed by atoms with Gasteiger partial charge in [0.25, 0.3) is 11.7 Å². The van der Waals surface area contributed by atoms with E-state index in [0.717, 1.165) is 29.8 Å². The number of hydrogen-bond donors (Lipinski definition) is 2. The third kappa shape index (κ3) is 4.97. The number of likely N-dealkylation sites (tertiary alicyclic amines) is 1. The standard InChI is InChI=1S/C25H30N2O4/c1-5-31-20-13-11-18(12-14-20)22-21(23(28)19-9-7-17(2)8-10-19)24(29)25(30)27(22)16-6-15-26(3)4/h7-14,22,28H,5-6,15-16H2,1-4H3/p+1/t22-/m0/s1. The summed E-state index contributed by atoms with van der Waals surface area (Å²) >= 11 is 0. The van der Waals surface area contributed by atoms with E-state index in [1.807, 2.05) is 50.2 Å². The van der Waals surface area contributed by atoms with Gasteiger partial charge < -0.3 is 19.6 Å². The molecule has 31 heavy (non-hydrogen) atoms. The minimum Gasteiger partial charge on any atom is -0.507 e. The van der Waals surface area contributed by atoms with Crippen LogP contribution in [0.5, 0.6) is 5.75 Å². The van der Waals surface area contributed by atoms with Gasteiger partial charge in [-0.15, -0.1) is 0 Å². The van der Waals surface area contributed by atoms with Crippen LogP contribution in [0, 0.1) is 6.92 Å². The number of aliphatic hydroxyl groups is 1. The average Bonchev–Trinajstić information content (AvgIpc) is 2.99. The molecule has 0 saturated carbocycles. The van der Waals surface area contributed by atoms with Gasteiger partial charge in [-0.1, -0.05) is 42.0 Å². The van der Waals surface area contributed by atoms with Crippen LogP contribution in [0.1, 0.15) is 36.1 Å². The highest BCUT2D eigenvalue weighted by Crippen LogP contribution is 2.39. The molecule has 6 heteroatoms. The minimum absolute atomic E-state index is 0.134. The second kappa shape index (κ2) is 9.79. The van der Waals surface area contributed by atoms with Crippen LogP contribution >= 0.6 is 0 Å². The number of carbonyl (C=O) groups excluding carboxylic acids is 2. The maximum absolute atomic E-state index is 13.0. The summed E-state index contributed by atoms with van der Waals surface area (Å²) in [7, 11) is 4.10. The molecule has 3 rings (SSSR count). The van der Waals surface area contributed by atoms with Gasteiger partial charge in [-0.3, -0.25) is 9.59 Å². The second-order valence-corrected chi connectivity index (χ2v) is 8.17. The number of Topliss-reactive ketones (excluding diaryl/α,β-unsaturated/α-hetero) is 1. The molecule has 1 heterocycles. The van der Waals surface area contributed by atoms with Crippen molar-refractivity contribution >= 4 is 17.4 Å². The topological polar surface area (TPSA) is 71.3 Å². The van der Waals surface area contributed by atoms with Crippen LogP contribution < -0.4 is 9.64 Å². The molecule has 1 fully saturated rings. The number of hydrogen-bond acceptors (Lipinski definition) is 4. The molecule has 1 aliphatic rings. The Morgan fingerprint density at radius 2 is 1.71 bits per heavy atom. The molecule has 0 aromatic heterocycles. The molecule has 6 nitrogen and oxygen atoms in total. The van der Waals surface area contributed by atoms with Crippen molar-refractivity contribution in [3.05, 3.63) is 70.8 Å². The van der Waals surface area contributed by atoms with Crippen LogP contribution in [0.2, 0.25) is 0 Å². The second-order valence-electron chi connectivity index (χ2n) is 8.17. The van der Waals surface area contributed by atoms with Gasteiger partial charge in [0.05, 0.1) is 38.9 Å². The highest BCUT2D eigenvalue weighted by atomic mass is 16.5. The first-order valence-corrected chi connectivity index (χ1v) is 10.7. The predicted molar refractivity (Wildman–Crippen MR) is 120 cm³/mol. The van der Waals surface area contributed by atoms with E-state index in [9.17, 15) is 14.7 Å². The summed E-state index contributed by atoms with van der Waals surface area (Å²) in [6.07, 6.45) is 0.757. The lowest BCUT2D eigenvalue weighted by Crippen LogP contribution is -3.05. The maximum atomic E-state index is 13.0. The first-order chi connectivity index (χ1) is 14.8. The molecule has 1 aliphatic heterocycles. The fraction of sp³-hybridized carbons (Fsp3) is 0.360. The quantitative estimate of drug-likeness (QED) is 0.389. The number of amides is 1. The van der Waals surface area contributed by atoms with Crippen LogP contribution in [0.4, 0.5) is 0 Å². The SMILES string of the molecule is CCOc1ccc([C@H]2C(=C(O)c3ccc(C)cc3)C(=O)C(=O)N2CCC[NH+](C)C)cc1. The molecule has 2 N–H and O–H groups in total. The monoisotopic (exact) mass is 423 g/mol. The smallest absolute Gasteiger partial charge is 0.295 e. The van der Waals surface area contributed by atoms with E-state index < -0.39 is 17.7 Å². The van der Waals surface area contributed by atoms with E-state index in [4.69, 9.17) is 4.74 Å². The number of aryl methyl sites for hydroxylation is 1. The summed E-state index contributed by atoms with van der Waals surface area (Å²) in [5.74, 6) is -0.633. The molecule has 2 aromatic rings. The Morgan fingerprint density at radius 3 is 2.29 bits per heavy atom. The molecule has 0 aliphatic carbocycles. The lowest BCUT2D eigenvalue weighted by molar-refractivity contribution is -0.858. The van der Waals surface area contributed by atoms with E-state index in [1.165, 1.54) is 4.90 Å². The van der Waals surface area contributed by atoms with Gasteiger partial charge in [0, 0.05) is 18.5 Å². The zero-order valence-corrected chi connectivity index (χ0v) is 18.6. The Labute approximate surface area is 183 Å². The van der Waals surface area contributed by atoms with Gasteiger partial charge in [0.1, 0.15) is 11.5 Å². The predicted octanol–water partition coefficient (Wildman–Crippen LogP) is 2.35. The van der Waals surface area contributed by atoms with Crippen LogP contribution in [-0.4, -0.2) is 55.5 Å². The number of nitrogens with one attached hydrogen (secondary N) is 1. The van der Waals surface area contributed by atoms with E-state index in [0.29, 0.717) is 18.7 Å². The first-order valence-electron chi connectivity index (χ1n) is 10.7. The number of carbonyl (C=O) groups is 2. The minimum atomic E-state index is -0.644. The number of nitrogens with zero attached hydrogens (tertiary/aromatic N) is 1. The van der Waals surface area contributed by atoms with Crippen molar-refractivity contribution in [3.63, 3.8) is 0 Å². The number of aliphatic hydroxyl groups excluding tert-OH is 1. The summed E-state index contributed by atoms with van der Waals surface area (Å²) in [5.41, 5.74) is 2.48. The van der Waals surface area contributed by atoms with Crippen molar-refractivity contribution < 1.29 is 24.3 Å². The summed E-state index contributed by atoms with van der Waals surface area (Å²) < 4.78 is 5.53. The van der Waals surface area contributed by atoms with E-state index >= 15 is 0 Å². The molecule has 0 bridgehead atoms. The number of rotatable bonds is 8. The third-order valence-electron chi connectivity index (χ3n) is 5.45. The van der Waals surface area contributed by atoms with Crippen LogP contribution in [-0.2, 0) is 9.59 Å². The molecule has 164 valence electrons. The highest BCUT2D eigenvalue weighted by molar-refractivity contribution is 6.46. The first kappa shape index (κ1) is 22.6. The molecule has 2 aromatic carbocycles. The molecule has 0 radical (unpaired) electrons. The normalized spacial score (nSPS) is 18.1. The zero-order valence-electron chi connectivity index (χ0n) is 18.6. The van der Waals surface area contributed by atoms with Gasteiger partial charge in [-0.2, -0.15) is 0 Å². The fourth-order valence-electron chi connectivity index (χ4n) is 3.84. The van der Waals surface area contributed by atoms with Gasteiger partial charge in [-0.05, 0) is 31.5 Å². The number of ketones is 1. The number of quaternary nitrogens is 1. The van der Waals surface area contributed by atoms with Crippen molar-refractivity contribution in [3.8, 4) is 5.75 Å². The van der Waals surface area contributed by atoms with Crippen LogP contribution in [0.3, 0.4) is 0 Å². The lowest BCUT2D eigenvalue weighted by Gasteiger charge is -2.25. The Hall–Kier alpha value is -3.12. The zero-order chi connectivity index (χ0) is 22.5. The molecule has 1 amide bonds. The molecular weight excluding hydrogens is 392 g/mol. The Bertz CT molecular complexity index is 962. The van der Waals surface area contributed by atoms with Crippen LogP contribution in [0.15, 0.2) is 54.1 Å². The van der Waals surface area contributed by atoms with E-state index in [-0.39, 0.29) is 11.3 Å². The highest BCUT2D eigenvalue weighted by Gasteiger charge is 2.45. The van der Waals surface area contributed by atoms with E-state index in [2.05, 4.69) is 14.1 Å². The molecule has 1 atom stereocenters. The summed E-state index contributed by atoms with van der Waals surface area (Å²) in [5, 5.41) is 11.1. The lowest BCUT2D eigenvalue weighted by atomic mass is 9.95. The van der Waals surface area contributed by atoms with Gasteiger partial charge in [-0.25, -0.2) is 0 Å². The molecule has 0 unspecified atom stereocenters. The largest absolute Gasteiger partial charge is 0.507 e. The summed E-state index contributed by atoms with van der Waals surface area (Å²) in [4.78, 5) is 28.8. The summed E-state index contributed by atoms with van der Waals surface area (Å²) in [6.45, 7) is 5.74. The van der Waals surface area contributed by atoms with Crippen molar-refractivity contribution in [2.24, 2.45) is 0 Å². The van der Waals surface area contributed by atoms with Crippen LogP contribution in [0.25, 0.3) is 5.76 Å². The van der Waals surface area contributed by atoms with Crippen molar-refractivity contribution in [1.29, 1.82) is 0 Å². The molecular formula is C25H31N2O4+. The Morgan fingerprint density at radius 1 is 1.06 bits per heavy atom. The fourth-order valence-corrected chi connectivity index (χ4v) is 3.84. The van der Waals surface area contributed by atoms with Gasteiger partial charge in [0.15, 0.2) is 0 Å². The van der Waals surface area contributed by atoms with Crippen molar-refractivity contribution in [2.75, 3.05) is 33.8 Å².